The van der Waals surface area contributed by atoms with Gasteiger partial charge in [0.15, 0.2) is 0 Å². The zero-order valence-corrected chi connectivity index (χ0v) is 21.8. The minimum absolute atomic E-state index is 0.268. The Morgan fingerprint density at radius 2 is 1.54 bits per heavy atom. The zero-order valence-electron chi connectivity index (χ0n) is 20.3. The van der Waals surface area contributed by atoms with Gasteiger partial charge in [-0.15, -0.1) is 0 Å². The fourth-order valence-corrected chi connectivity index (χ4v) is 5.20. The van der Waals surface area contributed by atoms with Crippen molar-refractivity contribution in [3.8, 4) is 22.8 Å². The molecule has 9 heteroatoms. The van der Waals surface area contributed by atoms with Crippen molar-refractivity contribution in [2.75, 3.05) is 24.9 Å². The first-order chi connectivity index (χ1) is 17.9. The van der Waals surface area contributed by atoms with Gasteiger partial charge in [-0.05, 0) is 60.7 Å². The normalized spacial score (nSPS) is 12.2. The number of nitrogens with one attached hydrogen (secondary N) is 2. The predicted molar refractivity (Wildman–Crippen MR) is 149 cm³/mol. The molecule has 0 spiro atoms. The maximum Gasteiger partial charge on any atom is 0.247 e. The molecular weight excluding hydrogens is 511 g/mol. The van der Waals surface area contributed by atoms with Crippen LogP contribution in [0.15, 0.2) is 55.4 Å². The molecule has 188 valence electrons. The summed E-state index contributed by atoms with van der Waals surface area (Å²) in [5, 5.41) is 8.65. The fourth-order valence-electron chi connectivity index (χ4n) is 4.51. The van der Waals surface area contributed by atoms with Crippen molar-refractivity contribution in [1.29, 1.82) is 0 Å². The van der Waals surface area contributed by atoms with E-state index < -0.39 is 0 Å². The highest BCUT2D eigenvalue weighted by atomic mass is 35.5. The number of ether oxygens (including phenoxy) is 2. The van der Waals surface area contributed by atoms with Crippen LogP contribution in [0.3, 0.4) is 0 Å². The highest BCUT2D eigenvalue weighted by molar-refractivity contribution is 6.41. The summed E-state index contributed by atoms with van der Waals surface area (Å²) >= 11 is 13.2. The lowest BCUT2D eigenvalue weighted by atomic mass is 10.1. The highest BCUT2D eigenvalue weighted by Crippen LogP contribution is 2.45. The van der Waals surface area contributed by atoms with Crippen LogP contribution in [0.1, 0.15) is 17.5 Å². The number of hydrogen-bond donors (Lipinski definition) is 2. The van der Waals surface area contributed by atoms with Crippen LogP contribution in [0, 0.1) is 0 Å². The smallest absolute Gasteiger partial charge is 0.247 e. The Morgan fingerprint density at radius 1 is 0.919 bits per heavy atom. The number of methoxy groups -OCH3 is 2. The molecule has 2 aromatic heterocycles. The number of amides is 1. The number of aryl methyl sites for hydroxylation is 2. The number of nitrogens with zero attached hydrogens (tertiary/aromatic N) is 2. The second kappa shape index (κ2) is 10.3. The Bertz CT molecular complexity index is 1530. The third-order valence-electron chi connectivity index (χ3n) is 6.37. The molecule has 0 bridgehead atoms. The summed E-state index contributed by atoms with van der Waals surface area (Å²) in [5.41, 5.74) is 5.07. The number of anilines is 3. The minimum atomic E-state index is -0.268. The fraction of sp³-hybridized carbons (Fsp3) is 0.179. The number of aromatic nitrogens is 2. The maximum absolute atomic E-state index is 12.0. The van der Waals surface area contributed by atoms with Crippen molar-refractivity contribution < 1.29 is 14.3 Å². The molecule has 2 heterocycles. The first-order valence-corrected chi connectivity index (χ1v) is 12.4. The molecule has 1 aliphatic rings. The molecular formula is C28H24Cl2N4O3. The second-order valence-corrected chi connectivity index (χ2v) is 9.36. The van der Waals surface area contributed by atoms with Crippen molar-refractivity contribution in [2.45, 2.75) is 19.3 Å². The molecule has 0 atom stereocenters. The lowest BCUT2D eigenvalue weighted by molar-refractivity contribution is -0.111. The predicted octanol–water partition coefficient (Wildman–Crippen LogP) is 6.98. The van der Waals surface area contributed by atoms with E-state index in [1.807, 2.05) is 18.2 Å². The van der Waals surface area contributed by atoms with Gasteiger partial charge in [0.05, 0.1) is 41.3 Å². The van der Waals surface area contributed by atoms with Gasteiger partial charge in [0.1, 0.15) is 17.3 Å². The largest absolute Gasteiger partial charge is 0.495 e. The lowest BCUT2D eigenvalue weighted by Gasteiger charge is -2.16. The van der Waals surface area contributed by atoms with Crippen LogP contribution < -0.4 is 20.1 Å². The summed E-state index contributed by atoms with van der Waals surface area (Å²) in [4.78, 5) is 21.2. The topological polar surface area (TPSA) is 85.4 Å². The number of carbonyl (C=O) groups is 1. The van der Waals surface area contributed by atoms with Crippen LogP contribution in [-0.4, -0.2) is 30.1 Å². The van der Waals surface area contributed by atoms with E-state index >= 15 is 0 Å². The highest BCUT2D eigenvalue weighted by Gasteiger charge is 2.20. The summed E-state index contributed by atoms with van der Waals surface area (Å²) < 4.78 is 10.8. The number of carbonyl (C=O) groups excluding carboxylic acids is 1. The van der Waals surface area contributed by atoms with Crippen LogP contribution in [0.2, 0.25) is 10.0 Å². The third kappa shape index (κ3) is 4.80. The van der Waals surface area contributed by atoms with Crippen LogP contribution >= 0.6 is 23.2 Å². The summed E-state index contributed by atoms with van der Waals surface area (Å²) in [6, 6.07) is 9.50. The van der Waals surface area contributed by atoms with Gasteiger partial charge in [0, 0.05) is 34.8 Å². The van der Waals surface area contributed by atoms with Crippen molar-refractivity contribution in [2.24, 2.45) is 0 Å². The Morgan fingerprint density at radius 3 is 2.19 bits per heavy atom. The monoisotopic (exact) mass is 534 g/mol. The molecule has 7 nitrogen and oxygen atoms in total. The minimum Gasteiger partial charge on any atom is -0.495 e. The molecule has 0 unspecified atom stereocenters. The molecule has 1 aliphatic carbocycles. The Labute approximate surface area is 224 Å². The maximum atomic E-state index is 12.0. The number of pyridine rings is 2. The van der Waals surface area contributed by atoms with E-state index in [0.29, 0.717) is 44.3 Å². The molecule has 0 saturated heterocycles. The molecule has 37 heavy (non-hydrogen) atoms. The molecule has 0 aliphatic heterocycles. The Hall–Kier alpha value is -3.81. The van der Waals surface area contributed by atoms with E-state index in [1.54, 1.807) is 18.5 Å². The van der Waals surface area contributed by atoms with Crippen LogP contribution in [0.25, 0.3) is 22.0 Å². The van der Waals surface area contributed by atoms with Gasteiger partial charge >= 0.3 is 0 Å². The summed E-state index contributed by atoms with van der Waals surface area (Å²) in [6.45, 7) is 3.55. The van der Waals surface area contributed by atoms with E-state index in [2.05, 4.69) is 33.2 Å². The van der Waals surface area contributed by atoms with E-state index in [1.165, 1.54) is 31.4 Å². The van der Waals surface area contributed by atoms with Gasteiger partial charge in [-0.3, -0.25) is 9.78 Å². The van der Waals surface area contributed by atoms with Gasteiger partial charge in [0.25, 0.3) is 0 Å². The first-order valence-electron chi connectivity index (χ1n) is 11.6. The number of hydrogen-bond acceptors (Lipinski definition) is 6. The summed E-state index contributed by atoms with van der Waals surface area (Å²) in [7, 11) is 3.06. The van der Waals surface area contributed by atoms with Crippen LogP contribution in [0.5, 0.6) is 11.5 Å². The van der Waals surface area contributed by atoms with Gasteiger partial charge in [-0.25, -0.2) is 4.98 Å². The van der Waals surface area contributed by atoms with Crippen molar-refractivity contribution >= 4 is 57.1 Å². The standard InChI is InChI=1S/C28H24Cl2N4O3/c1-4-25(35)34-20-9-16-7-5-6-15(16)8-19(20)33-24-11-18-13-31-21(10-17(18)14-32-24)26-27(29)22(36-2)12-23(37-3)28(26)30/h4,8-14H,1,5-7H2,2-3H3,(H,32,33)(H,34,35). The Balaban J connectivity index is 1.51. The quantitative estimate of drug-likeness (QED) is 0.249. The van der Waals surface area contributed by atoms with E-state index in [0.717, 1.165) is 35.7 Å². The first kappa shape index (κ1) is 24.9. The third-order valence-corrected chi connectivity index (χ3v) is 7.12. The number of halogens is 2. The molecule has 0 saturated carbocycles. The van der Waals surface area contributed by atoms with Crippen molar-refractivity contribution in [1.82, 2.24) is 9.97 Å². The average Bonchev–Trinajstić information content (AvgIpc) is 3.36. The summed E-state index contributed by atoms with van der Waals surface area (Å²) in [6.07, 6.45) is 7.85. The van der Waals surface area contributed by atoms with Crippen molar-refractivity contribution in [3.63, 3.8) is 0 Å². The van der Waals surface area contributed by atoms with E-state index in [-0.39, 0.29) is 5.91 Å². The van der Waals surface area contributed by atoms with Gasteiger partial charge < -0.3 is 20.1 Å². The SMILES string of the molecule is C=CC(=O)Nc1cc2c(cc1Nc1cc3cnc(-c4c(Cl)c(OC)cc(OC)c4Cl)cc3cn1)CCC2. The second-order valence-electron chi connectivity index (χ2n) is 8.61. The van der Waals surface area contributed by atoms with Crippen LogP contribution in [-0.2, 0) is 17.6 Å². The molecule has 2 aromatic carbocycles. The molecule has 0 fully saturated rings. The van der Waals surface area contributed by atoms with Gasteiger partial charge in [0.2, 0.25) is 5.91 Å². The number of benzene rings is 2. The lowest BCUT2D eigenvalue weighted by Crippen LogP contribution is -2.10. The summed E-state index contributed by atoms with van der Waals surface area (Å²) in [5.74, 6) is 1.22. The number of rotatable bonds is 7. The van der Waals surface area contributed by atoms with E-state index in [4.69, 9.17) is 32.7 Å². The molecule has 5 rings (SSSR count). The molecule has 0 radical (unpaired) electrons. The molecule has 2 N–H and O–H groups in total. The molecule has 4 aromatic rings. The molecule has 1 amide bonds. The Kier molecular flexibility index (Phi) is 6.91. The van der Waals surface area contributed by atoms with Gasteiger partial charge in [-0.1, -0.05) is 29.8 Å². The van der Waals surface area contributed by atoms with Gasteiger partial charge in [-0.2, -0.15) is 0 Å². The number of fused-ring (bicyclic) bond motifs is 2. The van der Waals surface area contributed by atoms with Crippen LogP contribution in [0.4, 0.5) is 17.2 Å². The van der Waals surface area contributed by atoms with E-state index in [9.17, 15) is 4.79 Å². The average molecular weight is 535 g/mol. The van der Waals surface area contributed by atoms with Crippen molar-refractivity contribution in [3.05, 3.63) is 76.6 Å². The zero-order chi connectivity index (χ0) is 26.1.